The van der Waals surface area contributed by atoms with Gasteiger partial charge >= 0.3 is 0 Å². The molecule has 2 heterocycles. The molecule has 0 fully saturated rings. The molecule has 0 spiro atoms. The molecule has 0 aliphatic carbocycles. The Hall–Kier alpha value is -2.69. The maximum atomic E-state index is 12.0. The van der Waals surface area contributed by atoms with E-state index >= 15 is 0 Å². The SMILES string of the molecule is NCc1ccc(C2=C(c3ccsc3)C(C=O)c3ccccc3O2)cc1. The zero-order valence-corrected chi connectivity index (χ0v) is 14.3. The van der Waals surface area contributed by atoms with Crippen LogP contribution in [0.5, 0.6) is 5.75 Å². The Kier molecular flexibility index (Phi) is 4.22. The molecule has 3 aromatic rings. The van der Waals surface area contributed by atoms with Gasteiger partial charge in [0.1, 0.15) is 17.8 Å². The molecule has 4 heteroatoms. The van der Waals surface area contributed by atoms with Gasteiger partial charge in [0.2, 0.25) is 0 Å². The number of rotatable bonds is 4. The molecule has 1 unspecified atom stereocenters. The fourth-order valence-corrected chi connectivity index (χ4v) is 3.82. The summed E-state index contributed by atoms with van der Waals surface area (Å²) in [6.07, 6.45) is 1.00. The van der Waals surface area contributed by atoms with Crippen LogP contribution >= 0.6 is 11.3 Å². The molecule has 4 rings (SSSR count). The lowest BCUT2D eigenvalue weighted by Crippen LogP contribution is -2.15. The van der Waals surface area contributed by atoms with E-state index in [0.29, 0.717) is 6.54 Å². The second-order valence-electron chi connectivity index (χ2n) is 5.91. The van der Waals surface area contributed by atoms with Gasteiger partial charge in [0.05, 0.1) is 5.92 Å². The second kappa shape index (κ2) is 6.67. The number of ether oxygens (including phenoxy) is 1. The minimum absolute atomic E-state index is 0.344. The molecule has 25 heavy (non-hydrogen) atoms. The van der Waals surface area contributed by atoms with Crippen molar-refractivity contribution in [2.45, 2.75) is 12.5 Å². The van der Waals surface area contributed by atoms with Crippen molar-refractivity contribution in [1.29, 1.82) is 0 Å². The summed E-state index contributed by atoms with van der Waals surface area (Å²) in [6, 6.07) is 17.7. The molecule has 1 aliphatic rings. The van der Waals surface area contributed by atoms with Gasteiger partial charge in [0, 0.05) is 23.2 Å². The van der Waals surface area contributed by atoms with Gasteiger partial charge in [-0.05, 0) is 34.0 Å². The Morgan fingerprint density at radius 3 is 2.52 bits per heavy atom. The third-order valence-electron chi connectivity index (χ3n) is 4.44. The zero-order chi connectivity index (χ0) is 17.2. The van der Waals surface area contributed by atoms with E-state index in [-0.39, 0.29) is 5.92 Å². The Bertz CT molecular complexity index is 927. The van der Waals surface area contributed by atoms with E-state index in [1.54, 1.807) is 11.3 Å². The van der Waals surface area contributed by atoms with Gasteiger partial charge in [-0.2, -0.15) is 11.3 Å². The highest BCUT2D eigenvalue weighted by Crippen LogP contribution is 2.46. The maximum Gasteiger partial charge on any atom is 0.139 e. The molecule has 0 amide bonds. The van der Waals surface area contributed by atoms with Crippen molar-refractivity contribution in [2.75, 3.05) is 0 Å². The summed E-state index contributed by atoms with van der Waals surface area (Å²) in [5.41, 5.74) is 10.5. The minimum Gasteiger partial charge on any atom is -0.456 e. The normalized spacial score (nSPS) is 16.3. The number of para-hydroxylation sites is 1. The first-order chi connectivity index (χ1) is 12.3. The average Bonchev–Trinajstić information content (AvgIpc) is 3.21. The van der Waals surface area contributed by atoms with Crippen molar-refractivity contribution in [1.82, 2.24) is 0 Å². The summed E-state index contributed by atoms with van der Waals surface area (Å²) in [6.45, 7) is 0.497. The Balaban J connectivity index is 1.93. The summed E-state index contributed by atoms with van der Waals surface area (Å²) >= 11 is 1.61. The lowest BCUT2D eigenvalue weighted by Gasteiger charge is -2.28. The van der Waals surface area contributed by atoms with Crippen LogP contribution in [0.1, 0.15) is 28.2 Å². The number of hydrogen-bond acceptors (Lipinski definition) is 4. The number of hydrogen-bond donors (Lipinski definition) is 1. The minimum atomic E-state index is -0.344. The topological polar surface area (TPSA) is 52.3 Å². The fourth-order valence-electron chi connectivity index (χ4n) is 3.17. The first-order valence-electron chi connectivity index (χ1n) is 8.10. The van der Waals surface area contributed by atoms with Crippen LogP contribution in [-0.4, -0.2) is 6.29 Å². The molecule has 124 valence electrons. The smallest absolute Gasteiger partial charge is 0.139 e. The summed E-state index contributed by atoms with van der Waals surface area (Å²) in [4.78, 5) is 12.0. The molecule has 2 N–H and O–H groups in total. The standard InChI is InChI=1S/C21H17NO2S/c22-11-14-5-7-15(8-6-14)21-20(16-9-10-25-13-16)18(12-23)17-3-1-2-4-19(17)24-21/h1-10,12-13,18H,11,22H2. The van der Waals surface area contributed by atoms with E-state index in [2.05, 4.69) is 5.38 Å². The molecule has 0 saturated carbocycles. The van der Waals surface area contributed by atoms with E-state index in [1.807, 2.05) is 60.0 Å². The predicted molar refractivity (Wildman–Crippen MR) is 101 cm³/mol. The van der Waals surface area contributed by atoms with Crippen molar-refractivity contribution >= 4 is 29.0 Å². The molecule has 1 atom stereocenters. The second-order valence-corrected chi connectivity index (χ2v) is 6.69. The largest absolute Gasteiger partial charge is 0.456 e. The van der Waals surface area contributed by atoms with Crippen molar-refractivity contribution < 1.29 is 9.53 Å². The van der Waals surface area contributed by atoms with Crippen LogP contribution in [0.15, 0.2) is 65.4 Å². The average molecular weight is 347 g/mol. The van der Waals surface area contributed by atoms with Gasteiger partial charge in [-0.25, -0.2) is 0 Å². The van der Waals surface area contributed by atoms with Crippen LogP contribution < -0.4 is 10.5 Å². The lowest BCUT2D eigenvalue weighted by molar-refractivity contribution is -0.108. The van der Waals surface area contributed by atoms with Crippen LogP contribution in [0.2, 0.25) is 0 Å². The van der Waals surface area contributed by atoms with Crippen molar-refractivity contribution in [3.05, 3.63) is 87.6 Å². The van der Waals surface area contributed by atoms with Gasteiger partial charge in [-0.3, -0.25) is 0 Å². The van der Waals surface area contributed by atoms with Crippen LogP contribution in [0.25, 0.3) is 11.3 Å². The van der Waals surface area contributed by atoms with Crippen molar-refractivity contribution in [3.8, 4) is 5.75 Å². The number of thiophene rings is 1. The molecular formula is C21H17NO2S. The third kappa shape index (κ3) is 2.80. The number of carbonyl (C=O) groups is 1. The van der Waals surface area contributed by atoms with Crippen LogP contribution in [0, 0.1) is 0 Å². The first-order valence-corrected chi connectivity index (χ1v) is 9.04. The van der Waals surface area contributed by atoms with Crippen LogP contribution in [0.3, 0.4) is 0 Å². The predicted octanol–water partition coefficient (Wildman–Crippen LogP) is 4.45. The first kappa shape index (κ1) is 15.8. The summed E-state index contributed by atoms with van der Waals surface area (Å²) in [7, 11) is 0. The molecular weight excluding hydrogens is 330 g/mol. The van der Waals surface area contributed by atoms with Gasteiger partial charge in [0.25, 0.3) is 0 Å². The third-order valence-corrected chi connectivity index (χ3v) is 5.13. The number of benzene rings is 2. The van der Waals surface area contributed by atoms with E-state index < -0.39 is 0 Å². The van der Waals surface area contributed by atoms with Gasteiger partial charge in [-0.1, -0.05) is 42.5 Å². The number of carbonyl (C=O) groups excluding carboxylic acids is 1. The molecule has 1 aromatic heterocycles. The van der Waals surface area contributed by atoms with Crippen molar-refractivity contribution in [2.24, 2.45) is 5.73 Å². The molecule has 0 saturated heterocycles. The molecule has 1 aliphatic heterocycles. The number of fused-ring (bicyclic) bond motifs is 1. The van der Waals surface area contributed by atoms with E-state index in [1.165, 1.54) is 0 Å². The molecule has 2 aromatic carbocycles. The molecule has 0 bridgehead atoms. The van der Waals surface area contributed by atoms with E-state index in [9.17, 15) is 4.79 Å². The van der Waals surface area contributed by atoms with Crippen LogP contribution in [0.4, 0.5) is 0 Å². The van der Waals surface area contributed by atoms with E-state index in [4.69, 9.17) is 10.5 Å². The summed E-state index contributed by atoms with van der Waals surface area (Å²) in [5.74, 6) is 1.12. The maximum absolute atomic E-state index is 12.0. The van der Waals surface area contributed by atoms with E-state index in [0.717, 1.165) is 45.6 Å². The van der Waals surface area contributed by atoms with Crippen LogP contribution in [-0.2, 0) is 11.3 Å². The highest BCUT2D eigenvalue weighted by Gasteiger charge is 2.31. The number of aldehydes is 1. The Labute approximate surface area is 150 Å². The van der Waals surface area contributed by atoms with Gasteiger partial charge in [-0.15, -0.1) is 0 Å². The zero-order valence-electron chi connectivity index (χ0n) is 13.5. The number of nitrogens with two attached hydrogens (primary N) is 1. The monoisotopic (exact) mass is 347 g/mol. The van der Waals surface area contributed by atoms with Crippen molar-refractivity contribution in [3.63, 3.8) is 0 Å². The number of allylic oxidation sites excluding steroid dienone is 1. The highest BCUT2D eigenvalue weighted by molar-refractivity contribution is 7.08. The highest BCUT2D eigenvalue weighted by atomic mass is 32.1. The Morgan fingerprint density at radius 2 is 1.84 bits per heavy atom. The molecule has 3 nitrogen and oxygen atoms in total. The Morgan fingerprint density at radius 1 is 1.04 bits per heavy atom. The lowest BCUT2D eigenvalue weighted by atomic mass is 9.84. The summed E-state index contributed by atoms with van der Waals surface area (Å²) in [5, 5.41) is 4.07. The quantitative estimate of drug-likeness (QED) is 0.709. The van der Waals surface area contributed by atoms with Gasteiger partial charge < -0.3 is 15.3 Å². The fraction of sp³-hybridized carbons (Fsp3) is 0.0952. The molecule has 0 radical (unpaired) electrons. The summed E-state index contributed by atoms with van der Waals surface area (Å²) < 4.78 is 6.25. The van der Waals surface area contributed by atoms with Gasteiger partial charge in [0.15, 0.2) is 0 Å².